The predicted molar refractivity (Wildman–Crippen MR) is 127 cm³/mol. The van der Waals surface area contributed by atoms with E-state index < -0.39 is 12.0 Å². The number of amides is 4. The quantitative estimate of drug-likeness (QED) is 0.643. The number of carbonyl (C=O) groups excluding carboxylic acids is 4. The highest BCUT2D eigenvalue weighted by molar-refractivity contribution is 6.02. The zero-order chi connectivity index (χ0) is 24.4. The predicted octanol–water partition coefficient (Wildman–Crippen LogP) is 2.97. The van der Waals surface area contributed by atoms with Crippen LogP contribution in [0.25, 0.3) is 0 Å². The van der Waals surface area contributed by atoms with E-state index >= 15 is 0 Å². The van der Waals surface area contributed by atoms with Gasteiger partial charge in [-0.1, -0.05) is 39.8 Å². The van der Waals surface area contributed by atoms with E-state index in [0.29, 0.717) is 31.5 Å². The lowest BCUT2D eigenvalue weighted by atomic mass is 9.86. The molecule has 3 heterocycles. The Bertz CT molecular complexity index is 1020. The molecule has 4 fully saturated rings. The van der Waals surface area contributed by atoms with E-state index in [-0.39, 0.29) is 47.0 Å². The monoisotopic (exact) mass is 465 g/mol. The summed E-state index contributed by atoms with van der Waals surface area (Å²) in [7, 11) is 0. The van der Waals surface area contributed by atoms with Crippen molar-refractivity contribution in [1.29, 1.82) is 0 Å². The van der Waals surface area contributed by atoms with Gasteiger partial charge in [0.25, 0.3) is 5.91 Å². The third-order valence-electron chi connectivity index (χ3n) is 8.13. The number of hydrogen-bond donors (Lipinski definition) is 0. The first-order chi connectivity index (χ1) is 16.1. The van der Waals surface area contributed by atoms with E-state index in [1.54, 1.807) is 9.80 Å². The summed E-state index contributed by atoms with van der Waals surface area (Å²) in [6.45, 7) is 9.32. The molecule has 1 aromatic carbocycles. The van der Waals surface area contributed by atoms with Crippen LogP contribution in [0.2, 0.25) is 0 Å². The largest absolute Gasteiger partial charge is 0.335 e. The highest BCUT2D eigenvalue weighted by atomic mass is 16.2. The number of nitrogens with zero attached hydrogens (tertiary/aromatic N) is 3. The van der Waals surface area contributed by atoms with Crippen molar-refractivity contribution in [3.05, 3.63) is 35.4 Å². The van der Waals surface area contributed by atoms with Crippen LogP contribution in [0, 0.1) is 11.8 Å². The fourth-order valence-electron chi connectivity index (χ4n) is 6.01. The number of imide groups is 1. The second kappa shape index (κ2) is 8.21. The van der Waals surface area contributed by atoms with Gasteiger partial charge in [0, 0.05) is 24.6 Å². The van der Waals surface area contributed by atoms with E-state index in [1.165, 1.54) is 4.90 Å². The van der Waals surface area contributed by atoms with Crippen molar-refractivity contribution in [2.45, 2.75) is 83.3 Å². The van der Waals surface area contributed by atoms with Crippen LogP contribution in [0.4, 0.5) is 0 Å². The molecule has 0 aromatic heterocycles. The summed E-state index contributed by atoms with van der Waals surface area (Å²) < 4.78 is 0. The zero-order valence-corrected chi connectivity index (χ0v) is 20.6. The summed E-state index contributed by atoms with van der Waals surface area (Å²) >= 11 is 0. The van der Waals surface area contributed by atoms with Gasteiger partial charge in [0.15, 0.2) is 0 Å². The van der Waals surface area contributed by atoms with Gasteiger partial charge in [-0.3, -0.25) is 24.1 Å². The van der Waals surface area contributed by atoms with Gasteiger partial charge < -0.3 is 9.80 Å². The summed E-state index contributed by atoms with van der Waals surface area (Å²) in [5, 5.41) is 0. The summed E-state index contributed by atoms with van der Waals surface area (Å²) in [5.74, 6) is -0.821. The lowest BCUT2D eigenvalue weighted by Gasteiger charge is -2.32. The molecule has 0 N–H and O–H groups in total. The molecule has 4 amide bonds. The smallest absolute Gasteiger partial charge is 0.254 e. The van der Waals surface area contributed by atoms with Crippen molar-refractivity contribution in [2.24, 2.45) is 11.8 Å². The highest BCUT2D eigenvalue weighted by Crippen LogP contribution is 2.41. The Morgan fingerprint density at radius 1 is 0.882 bits per heavy atom. The Balaban J connectivity index is 1.33. The van der Waals surface area contributed by atoms with Gasteiger partial charge in [-0.15, -0.1) is 0 Å². The molecule has 182 valence electrons. The average Bonchev–Trinajstić information content (AvgIpc) is 3.30. The van der Waals surface area contributed by atoms with Gasteiger partial charge in [-0.05, 0) is 55.2 Å². The first kappa shape index (κ1) is 23.1. The van der Waals surface area contributed by atoms with Crippen LogP contribution >= 0.6 is 0 Å². The molecule has 5 rings (SSSR count). The Labute approximate surface area is 201 Å². The molecule has 0 spiro atoms. The van der Waals surface area contributed by atoms with E-state index in [9.17, 15) is 19.2 Å². The summed E-state index contributed by atoms with van der Waals surface area (Å²) in [6, 6.07) is 6.66. The maximum Gasteiger partial charge on any atom is 0.254 e. The number of hydrogen-bond acceptors (Lipinski definition) is 4. The fourth-order valence-corrected chi connectivity index (χ4v) is 6.01. The average molecular weight is 466 g/mol. The molecule has 7 nitrogen and oxygen atoms in total. The SMILES string of the molecule is C[C@@H]1C(=O)N(C(=O)C2CC2)[C@H]2CCN(C(=O)[C@@H]3CCCN3C(=O)c3ccc(C(C)(C)C)cc3)[C@H]12. The minimum absolute atomic E-state index is 0.00417. The molecule has 4 aliphatic rings. The lowest BCUT2D eigenvalue weighted by Crippen LogP contribution is -2.51. The number of rotatable bonds is 3. The molecular weight excluding hydrogens is 430 g/mol. The van der Waals surface area contributed by atoms with Gasteiger partial charge in [-0.2, -0.15) is 0 Å². The molecule has 3 aliphatic heterocycles. The second-order valence-corrected chi connectivity index (χ2v) is 11.5. The zero-order valence-electron chi connectivity index (χ0n) is 20.6. The second-order valence-electron chi connectivity index (χ2n) is 11.5. The Kier molecular flexibility index (Phi) is 5.57. The Morgan fingerprint density at radius 3 is 2.18 bits per heavy atom. The van der Waals surface area contributed by atoms with Gasteiger partial charge in [0.1, 0.15) is 6.04 Å². The molecule has 1 aromatic rings. The molecule has 0 radical (unpaired) electrons. The number of carbonyl (C=O) groups is 4. The Hall–Kier alpha value is -2.70. The van der Waals surface area contributed by atoms with Crippen LogP contribution < -0.4 is 0 Å². The van der Waals surface area contributed by atoms with Gasteiger partial charge >= 0.3 is 0 Å². The van der Waals surface area contributed by atoms with E-state index in [2.05, 4.69) is 20.8 Å². The minimum atomic E-state index is -0.510. The normalized spacial score (nSPS) is 29.1. The number of benzene rings is 1. The third-order valence-corrected chi connectivity index (χ3v) is 8.13. The van der Waals surface area contributed by atoms with E-state index in [1.807, 2.05) is 31.2 Å². The van der Waals surface area contributed by atoms with E-state index in [0.717, 1.165) is 24.8 Å². The van der Waals surface area contributed by atoms with Crippen LogP contribution in [-0.4, -0.2) is 69.5 Å². The highest BCUT2D eigenvalue weighted by Gasteiger charge is 2.57. The molecule has 1 aliphatic carbocycles. The molecule has 7 heteroatoms. The van der Waals surface area contributed by atoms with Crippen molar-refractivity contribution in [3.8, 4) is 0 Å². The van der Waals surface area contributed by atoms with Gasteiger partial charge in [0.2, 0.25) is 17.7 Å². The Morgan fingerprint density at radius 2 is 1.56 bits per heavy atom. The first-order valence-corrected chi connectivity index (χ1v) is 12.7. The van der Waals surface area contributed by atoms with E-state index in [4.69, 9.17) is 0 Å². The molecule has 34 heavy (non-hydrogen) atoms. The maximum atomic E-state index is 13.7. The van der Waals surface area contributed by atoms with Crippen LogP contribution in [0.15, 0.2) is 24.3 Å². The van der Waals surface area contributed by atoms with Crippen LogP contribution in [0.5, 0.6) is 0 Å². The summed E-state index contributed by atoms with van der Waals surface area (Å²) in [4.78, 5) is 57.7. The molecular formula is C27H35N3O4. The van der Waals surface area contributed by atoms with Crippen LogP contribution in [0.1, 0.15) is 75.7 Å². The lowest BCUT2D eigenvalue weighted by molar-refractivity contribution is -0.146. The molecule has 0 unspecified atom stereocenters. The van der Waals surface area contributed by atoms with Crippen molar-refractivity contribution >= 4 is 23.6 Å². The fraction of sp³-hybridized carbons (Fsp3) is 0.630. The molecule has 3 saturated heterocycles. The van der Waals surface area contributed by atoms with Crippen molar-refractivity contribution in [2.75, 3.05) is 13.1 Å². The van der Waals surface area contributed by atoms with Crippen molar-refractivity contribution < 1.29 is 19.2 Å². The standard InChI is InChI=1S/C27H35N3O4/c1-16-22-20(30(23(16)31)25(33)18-7-8-18)13-15-29(22)26(34)21-6-5-14-28(21)24(32)17-9-11-19(12-10-17)27(2,3)4/h9-12,16,18,20-22H,5-8,13-15H2,1-4H3/t16-,20-,21-,22+/m0/s1. The van der Waals surface area contributed by atoms with Gasteiger partial charge in [-0.25, -0.2) is 0 Å². The van der Waals surface area contributed by atoms with Crippen LogP contribution in [0.3, 0.4) is 0 Å². The molecule has 1 saturated carbocycles. The minimum Gasteiger partial charge on any atom is -0.335 e. The van der Waals surface area contributed by atoms with Gasteiger partial charge in [0.05, 0.1) is 18.0 Å². The first-order valence-electron chi connectivity index (χ1n) is 12.7. The maximum absolute atomic E-state index is 13.7. The molecule has 0 bridgehead atoms. The number of likely N-dealkylation sites (tertiary alicyclic amines) is 3. The third kappa shape index (κ3) is 3.73. The topological polar surface area (TPSA) is 78.0 Å². The summed E-state index contributed by atoms with van der Waals surface area (Å²) in [5.41, 5.74) is 1.76. The van der Waals surface area contributed by atoms with Crippen molar-refractivity contribution in [3.63, 3.8) is 0 Å². The van der Waals surface area contributed by atoms with Crippen LogP contribution in [-0.2, 0) is 19.8 Å². The number of fused-ring (bicyclic) bond motifs is 1. The van der Waals surface area contributed by atoms with Crippen molar-refractivity contribution in [1.82, 2.24) is 14.7 Å². The molecule has 4 atom stereocenters. The summed E-state index contributed by atoms with van der Waals surface area (Å²) in [6.07, 6.45) is 3.75.